The first-order valence-electron chi connectivity index (χ1n) is 7.39. The number of aromatic nitrogens is 2. The van der Waals surface area contributed by atoms with E-state index in [1.807, 2.05) is 24.3 Å². The Morgan fingerprint density at radius 3 is 2.86 bits per heavy atom. The van der Waals surface area contributed by atoms with Crippen molar-refractivity contribution in [3.63, 3.8) is 0 Å². The Kier molecular flexibility index (Phi) is 6.26. The number of thioether (sulfide) groups is 1. The van der Waals surface area contributed by atoms with Crippen molar-refractivity contribution in [2.75, 3.05) is 19.5 Å². The molecule has 0 spiro atoms. The summed E-state index contributed by atoms with van der Waals surface area (Å²) in [4.78, 5) is 17.3. The minimum atomic E-state index is 0.0516. The zero-order chi connectivity index (χ0) is 15.1. The average Bonchev–Trinajstić information content (AvgIpc) is 2.50. The van der Waals surface area contributed by atoms with E-state index in [1.54, 1.807) is 23.4 Å². The van der Waals surface area contributed by atoms with Gasteiger partial charge in [0, 0.05) is 26.0 Å². The molecular formula is C16H22N2O2S. The first-order chi connectivity index (χ1) is 10.3. The van der Waals surface area contributed by atoms with Crippen LogP contribution in [0.15, 0.2) is 34.2 Å². The Balaban J connectivity index is 2.36. The standard InChI is InChI=1S/C16H22N2O2S/c1-3-4-12-21-16-17-14-9-6-5-8-13(14)15(19)18(16)10-7-11-20-2/h5-6,8-9H,3-4,7,10-12H2,1-2H3. The van der Waals surface area contributed by atoms with Crippen LogP contribution in [0.1, 0.15) is 26.2 Å². The van der Waals surface area contributed by atoms with Crippen LogP contribution < -0.4 is 5.56 Å². The Labute approximate surface area is 129 Å². The summed E-state index contributed by atoms with van der Waals surface area (Å²) in [5.74, 6) is 0.992. The van der Waals surface area contributed by atoms with Crippen molar-refractivity contribution in [3.8, 4) is 0 Å². The van der Waals surface area contributed by atoms with Gasteiger partial charge in [-0.1, -0.05) is 37.2 Å². The largest absolute Gasteiger partial charge is 0.385 e. The number of hydrogen-bond acceptors (Lipinski definition) is 4. The zero-order valence-electron chi connectivity index (χ0n) is 12.7. The fraction of sp³-hybridized carbons (Fsp3) is 0.500. The average molecular weight is 306 g/mol. The van der Waals surface area contributed by atoms with Gasteiger partial charge in [-0.25, -0.2) is 4.98 Å². The van der Waals surface area contributed by atoms with E-state index >= 15 is 0 Å². The summed E-state index contributed by atoms with van der Waals surface area (Å²) in [6, 6.07) is 7.55. The summed E-state index contributed by atoms with van der Waals surface area (Å²) in [7, 11) is 1.68. The van der Waals surface area contributed by atoms with E-state index in [0.717, 1.165) is 35.7 Å². The third kappa shape index (κ3) is 4.08. The lowest BCUT2D eigenvalue weighted by molar-refractivity contribution is 0.189. The number of ether oxygens (including phenoxy) is 1. The second kappa shape index (κ2) is 8.20. The Morgan fingerprint density at radius 1 is 1.29 bits per heavy atom. The maximum atomic E-state index is 12.6. The molecule has 21 heavy (non-hydrogen) atoms. The van der Waals surface area contributed by atoms with Gasteiger partial charge in [0.25, 0.3) is 5.56 Å². The number of fused-ring (bicyclic) bond motifs is 1. The van der Waals surface area contributed by atoms with Crippen LogP contribution in [0.2, 0.25) is 0 Å². The summed E-state index contributed by atoms with van der Waals surface area (Å²) < 4.78 is 6.88. The highest BCUT2D eigenvalue weighted by Gasteiger charge is 2.10. The third-order valence-corrected chi connectivity index (χ3v) is 4.35. The molecule has 0 unspecified atom stereocenters. The Morgan fingerprint density at radius 2 is 2.10 bits per heavy atom. The second-order valence-corrected chi connectivity index (χ2v) is 5.98. The van der Waals surface area contributed by atoms with Gasteiger partial charge in [0.1, 0.15) is 0 Å². The Hall–Kier alpha value is -1.33. The first kappa shape index (κ1) is 16.0. The van der Waals surface area contributed by atoms with Crippen LogP contribution in [0.5, 0.6) is 0 Å². The highest BCUT2D eigenvalue weighted by atomic mass is 32.2. The van der Waals surface area contributed by atoms with E-state index in [4.69, 9.17) is 4.74 Å². The normalized spacial score (nSPS) is 11.1. The first-order valence-corrected chi connectivity index (χ1v) is 8.37. The third-order valence-electron chi connectivity index (χ3n) is 3.29. The van der Waals surface area contributed by atoms with E-state index in [9.17, 15) is 4.79 Å². The minimum Gasteiger partial charge on any atom is -0.385 e. The SMILES string of the molecule is CCCCSc1nc2ccccc2c(=O)n1CCCOC. The molecule has 0 saturated heterocycles. The highest BCUT2D eigenvalue weighted by molar-refractivity contribution is 7.99. The molecule has 0 aliphatic rings. The zero-order valence-corrected chi connectivity index (χ0v) is 13.5. The van der Waals surface area contributed by atoms with Crippen molar-refractivity contribution in [2.45, 2.75) is 37.9 Å². The number of methoxy groups -OCH3 is 1. The summed E-state index contributed by atoms with van der Waals surface area (Å²) in [6.07, 6.45) is 3.09. The van der Waals surface area contributed by atoms with Crippen molar-refractivity contribution in [3.05, 3.63) is 34.6 Å². The summed E-state index contributed by atoms with van der Waals surface area (Å²) in [6.45, 7) is 3.47. The van der Waals surface area contributed by atoms with Crippen LogP contribution in [0.3, 0.4) is 0 Å². The lowest BCUT2D eigenvalue weighted by Gasteiger charge is -2.12. The van der Waals surface area contributed by atoms with Gasteiger partial charge in [-0.05, 0) is 25.0 Å². The number of rotatable bonds is 8. The fourth-order valence-corrected chi connectivity index (χ4v) is 3.24. The second-order valence-electron chi connectivity index (χ2n) is 4.92. The van der Waals surface area contributed by atoms with Crippen molar-refractivity contribution in [1.29, 1.82) is 0 Å². The van der Waals surface area contributed by atoms with Crippen molar-refractivity contribution >= 4 is 22.7 Å². The van der Waals surface area contributed by atoms with Crippen LogP contribution in [0, 0.1) is 0 Å². The molecule has 5 heteroatoms. The quantitative estimate of drug-likeness (QED) is 0.426. The van der Waals surface area contributed by atoms with Crippen molar-refractivity contribution in [2.24, 2.45) is 0 Å². The molecule has 0 N–H and O–H groups in total. The van der Waals surface area contributed by atoms with E-state index in [0.29, 0.717) is 18.5 Å². The van der Waals surface area contributed by atoms with Crippen LogP contribution >= 0.6 is 11.8 Å². The Bertz CT molecular complexity index is 640. The monoisotopic (exact) mass is 306 g/mol. The molecule has 0 amide bonds. The summed E-state index contributed by atoms with van der Waals surface area (Å²) >= 11 is 1.67. The molecule has 1 aromatic heterocycles. The number of nitrogens with zero attached hydrogens (tertiary/aromatic N) is 2. The maximum Gasteiger partial charge on any atom is 0.262 e. The number of para-hydroxylation sites is 1. The molecule has 0 bridgehead atoms. The van der Waals surface area contributed by atoms with E-state index in [-0.39, 0.29) is 5.56 Å². The molecule has 0 fully saturated rings. The maximum absolute atomic E-state index is 12.6. The summed E-state index contributed by atoms with van der Waals surface area (Å²) in [5, 5.41) is 1.51. The predicted molar refractivity (Wildman–Crippen MR) is 88.1 cm³/mol. The molecule has 4 nitrogen and oxygen atoms in total. The van der Waals surface area contributed by atoms with Crippen LogP contribution in [-0.2, 0) is 11.3 Å². The fourth-order valence-electron chi connectivity index (χ4n) is 2.13. The summed E-state index contributed by atoms with van der Waals surface area (Å²) in [5.41, 5.74) is 0.834. The number of hydrogen-bond donors (Lipinski definition) is 0. The molecule has 0 saturated carbocycles. The van der Waals surface area contributed by atoms with Gasteiger partial charge >= 0.3 is 0 Å². The van der Waals surface area contributed by atoms with Gasteiger partial charge in [-0.3, -0.25) is 9.36 Å². The van der Waals surface area contributed by atoms with E-state index in [1.165, 1.54) is 0 Å². The molecule has 0 aliphatic heterocycles. The van der Waals surface area contributed by atoms with Crippen molar-refractivity contribution in [1.82, 2.24) is 9.55 Å². The van der Waals surface area contributed by atoms with Gasteiger partial charge in [-0.15, -0.1) is 0 Å². The molecule has 2 aromatic rings. The predicted octanol–water partition coefficient (Wildman–Crippen LogP) is 3.33. The molecule has 1 heterocycles. The number of unbranched alkanes of at least 4 members (excludes halogenated alkanes) is 1. The van der Waals surface area contributed by atoms with Gasteiger partial charge in [0.15, 0.2) is 5.16 Å². The van der Waals surface area contributed by atoms with Crippen LogP contribution in [0.25, 0.3) is 10.9 Å². The molecule has 1 aromatic carbocycles. The van der Waals surface area contributed by atoms with E-state index in [2.05, 4.69) is 11.9 Å². The van der Waals surface area contributed by atoms with Gasteiger partial charge in [0.2, 0.25) is 0 Å². The van der Waals surface area contributed by atoms with Gasteiger partial charge < -0.3 is 4.74 Å². The molecule has 0 radical (unpaired) electrons. The van der Waals surface area contributed by atoms with Crippen LogP contribution in [-0.4, -0.2) is 29.0 Å². The molecule has 2 rings (SSSR count). The van der Waals surface area contributed by atoms with E-state index < -0.39 is 0 Å². The minimum absolute atomic E-state index is 0.0516. The molecule has 0 aliphatic carbocycles. The topological polar surface area (TPSA) is 44.1 Å². The van der Waals surface area contributed by atoms with Crippen molar-refractivity contribution < 1.29 is 4.74 Å². The molecule has 0 atom stereocenters. The van der Waals surface area contributed by atoms with Gasteiger partial charge in [0.05, 0.1) is 10.9 Å². The molecule has 114 valence electrons. The van der Waals surface area contributed by atoms with Crippen LogP contribution in [0.4, 0.5) is 0 Å². The lowest BCUT2D eigenvalue weighted by atomic mass is 10.2. The highest BCUT2D eigenvalue weighted by Crippen LogP contribution is 2.19. The smallest absolute Gasteiger partial charge is 0.262 e. The van der Waals surface area contributed by atoms with Gasteiger partial charge in [-0.2, -0.15) is 0 Å². The molecular weight excluding hydrogens is 284 g/mol. The lowest BCUT2D eigenvalue weighted by Crippen LogP contribution is -2.24. The number of benzene rings is 1.